The Bertz CT molecular complexity index is 409. The summed E-state index contributed by atoms with van der Waals surface area (Å²) in [7, 11) is 0. The normalized spacial score (nSPS) is 31.6. The number of piperazine rings is 3. The molecule has 3 saturated heterocycles. The Morgan fingerprint density at radius 2 is 2.16 bits per heavy atom. The second-order valence-electron chi connectivity index (χ2n) is 5.77. The van der Waals surface area contributed by atoms with E-state index in [4.69, 9.17) is 0 Å². The van der Waals surface area contributed by atoms with Gasteiger partial charge in [-0.05, 0) is 36.9 Å². The standard InChI is InChI=1S/C15H25N3S/c1-3-5-16-15(13-4-10-19-12(13)2)14-11-17-6-8-18(14)9-7-17/h4,10,14-16H,3,5-9,11H2,1-2H3. The van der Waals surface area contributed by atoms with Gasteiger partial charge in [0.1, 0.15) is 0 Å². The van der Waals surface area contributed by atoms with Crippen LogP contribution in [0.2, 0.25) is 0 Å². The van der Waals surface area contributed by atoms with Crippen molar-refractivity contribution in [2.75, 3.05) is 39.3 Å². The Morgan fingerprint density at radius 1 is 1.37 bits per heavy atom. The summed E-state index contributed by atoms with van der Waals surface area (Å²) in [4.78, 5) is 6.81. The molecule has 0 radical (unpaired) electrons. The average Bonchev–Trinajstić information content (AvgIpc) is 2.87. The molecule has 4 heteroatoms. The molecule has 3 fully saturated rings. The maximum atomic E-state index is 3.81. The van der Waals surface area contributed by atoms with Crippen LogP contribution in [0.1, 0.15) is 29.8 Å². The maximum absolute atomic E-state index is 3.81. The summed E-state index contributed by atoms with van der Waals surface area (Å²) in [6.45, 7) is 11.9. The zero-order valence-corrected chi connectivity index (χ0v) is 12.9. The van der Waals surface area contributed by atoms with Crippen molar-refractivity contribution in [1.82, 2.24) is 15.1 Å². The van der Waals surface area contributed by atoms with Crippen molar-refractivity contribution in [2.45, 2.75) is 32.4 Å². The highest BCUT2D eigenvalue weighted by Crippen LogP contribution is 2.31. The van der Waals surface area contributed by atoms with Crippen LogP contribution >= 0.6 is 11.3 Å². The Kier molecular flexibility index (Phi) is 4.22. The molecule has 2 bridgehead atoms. The molecular formula is C15H25N3S. The van der Waals surface area contributed by atoms with Gasteiger partial charge >= 0.3 is 0 Å². The molecule has 4 rings (SSSR count). The van der Waals surface area contributed by atoms with Gasteiger partial charge in [0.2, 0.25) is 0 Å². The number of nitrogens with zero attached hydrogens (tertiary/aromatic N) is 2. The van der Waals surface area contributed by atoms with Gasteiger partial charge < -0.3 is 5.32 Å². The van der Waals surface area contributed by atoms with Crippen molar-refractivity contribution < 1.29 is 0 Å². The quantitative estimate of drug-likeness (QED) is 0.890. The predicted molar refractivity (Wildman–Crippen MR) is 81.9 cm³/mol. The third-order valence-corrected chi connectivity index (χ3v) is 5.42. The second-order valence-corrected chi connectivity index (χ2v) is 6.89. The summed E-state index contributed by atoms with van der Waals surface area (Å²) in [6.07, 6.45) is 1.20. The minimum atomic E-state index is 0.509. The summed E-state index contributed by atoms with van der Waals surface area (Å²) >= 11 is 1.88. The van der Waals surface area contributed by atoms with Crippen LogP contribution in [0.15, 0.2) is 11.4 Å². The van der Waals surface area contributed by atoms with Crippen LogP contribution in [0.25, 0.3) is 0 Å². The van der Waals surface area contributed by atoms with E-state index in [1.165, 1.54) is 49.6 Å². The van der Waals surface area contributed by atoms with E-state index in [1.54, 1.807) is 0 Å². The van der Waals surface area contributed by atoms with Crippen LogP contribution in [0.3, 0.4) is 0 Å². The monoisotopic (exact) mass is 279 g/mol. The Morgan fingerprint density at radius 3 is 2.68 bits per heavy atom. The van der Waals surface area contributed by atoms with Crippen LogP contribution in [0.4, 0.5) is 0 Å². The van der Waals surface area contributed by atoms with Crippen LogP contribution in [0, 0.1) is 6.92 Å². The molecule has 0 amide bonds. The summed E-state index contributed by atoms with van der Waals surface area (Å²) in [5, 5.41) is 6.04. The van der Waals surface area contributed by atoms with Crippen LogP contribution in [-0.2, 0) is 0 Å². The molecule has 0 aliphatic carbocycles. The minimum absolute atomic E-state index is 0.509. The van der Waals surface area contributed by atoms with E-state index in [2.05, 4.69) is 40.4 Å². The highest BCUT2D eigenvalue weighted by Gasteiger charge is 2.37. The topological polar surface area (TPSA) is 18.5 Å². The van der Waals surface area contributed by atoms with Gasteiger partial charge in [0, 0.05) is 43.6 Å². The summed E-state index contributed by atoms with van der Waals surface area (Å²) < 4.78 is 0. The summed E-state index contributed by atoms with van der Waals surface area (Å²) in [6, 6.07) is 3.49. The molecule has 3 nitrogen and oxygen atoms in total. The molecule has 1 aromatic heterocycles. The van der Waals surface area contributed by atoms with E-state index in [0.717, 1.165) is 6.54 Å². The third kappa shape index (κ3) is 2.72. The molecule has 0 spiro atoms. The summed E-state index contributed by atoms with van der Waals surface area (Å²) in [5.41, 5.74) is 1.53. The lowest BCUT2D eigenvalue weighted by atomic mass is 9.94. The molecule has 19 heavy (non-hydrogen) atoms. The van der Waals surface area contributed by atoms with E-state index < -0.39 is 0 Å². The van der Waals surface area contributed by atoms with Gasteiger partial charge in [0.15, 0.2) is 0 Å². The van der Waals surface area contributed by atoms with E-state index in [1.807, 2.05) is 11.3 Å². The number of aryl methyl sites for hydroxylation is 1. The van der Waals surface area contributed by atoms with Crippen molar-refractivity contribution in [1.29, 1.82) is 0 Å². The largest absolute Gasteiger partial charge is 0.309 e. The number of thiophene rings is 1. The zero-order chi connectivity index (χ0) is 13.2. The fourth-order valence-corrected chi connectivity index (χ4v) is 4.19. The number of hydrogen-bond acceptors (Lipinski definition) is 4. The molecular weight excluding hydrogens is 254 g/mol. The van der Waals surface area contributed by atoms with Gasteiger partial charge in [-0.3, -0.25) is 9.80 Å². The van der Waals surface area contributed by atoms with Crippen molar-refractivity contribution in [3.63, 3.8) is 0 Å². The predicted octanol–water partition coefficient (Wildman–Crippen LogP) is 2.10. The first-order valence-electron chi connectivity index (χ1n) is 7.53. The van der Waals surface area contributed by atoms with Crippen LogP contribution in [-0.4, -0.2) is 55.1 Å². The molecule has 0 saturated carbocycles. The van der Waals surface area contributed by atoms with Crippen molar-refractivity contribution in [3.05, 3.63) is 21.9 Å². The Hall–Kier alpha value is -0.420. The lowest BCUT2D eigenvalue weighted by molar-refractivity contribution is -0.00366. The lowest BCUT2D eigenvalue weighted by Gasteiger charge is -2.50. The van der Waals surface area contributed by atoms with Crippen molar-refractivity contribution in [2.24, 2.45) is 0 Å². The van der Waals surface area contributed by atoms with Gasteiger partial charge in [-0.15, -0.1) is 11.3 Å². The first-order valence-corrected chi connectivity index (χ1v) is 8.41. The van der Waals surface area contributed by atoms with Crippen LogP contribution in [0.5, 0.6) is 0 Å². The SMILES string of the molecule is CCCNC(c1ccsc1C)C1CN2CCN1CC2. The highest BCUT2D eigenvalue weighted by molar-refractivity contribution is 7.10. The number of nitrogens with one attached hydrogen (secondary N) is 1. The van der Waals surface area contributed by atoms with E-state index in [0.29, 0.717) is 12.1 Å². The van der Waals surface area contributed by atoms with Gasteiger partial charge in [-0.1, -0.05) is 6.92 Å². The van der Waals surface area contributed by atoms with Gasteiger partial charge in [-0.2, -0.15) is 0 Å². The third-order valence-electron chi connectivity index (χ3n) is 4.55. The van der Waals surface area contributed by atoms with Crippen molar-refractivity contribution in [3.8, 4) is 0 Å². The molecule has 0 aromatic carbocycles. The molecule has 3 aliphatic heterocycles. The van der Waals surface area contributed by atoms with E-state index >= 15 is 0 Å². The van der Waals surface area contributed by atoms with Gasteiger partial charge in [0.05, 0.1) is 6.04 Å². The Balaban J connectivity index is 1.81. The summed E-state index contributed by atoms with van der Waals surface area (Å²) in [5.74, 6) is 0. The first kappa shape index (κ1) is 13.6. The smallest absolute Gasteiger partial charge is 0.0501 e. The van der Waals surface area contributed by atoms with Gasteiger partial charge in [-0.25, -0.2) is 0 Å². The van der Waals surface area contributed by atoms with Crippen molar-refractivity contribution >= 4 is 11.3 Å². The van der Waals surface area contributed by atoms with Gasteiger partial charge in [0.25, 0.3) is 0 Å². The number of hydrogen-bond donors (Lipinski definition) is 1. The zero-order valence-electron chi connectivity index (χ0n) is 12.1. The van der Waals surface area contributed by atoms with Crippen LogP contribution < -0.4 is 5.32 Å². The fraction of sp³-hybridized carbons (Fsp3) is 0.733. The van der Waals surface area contributed by atoms with E-state index in [9.17, 15) is 0 Å². The minimum Gasteiger partial charge on any atom is -0.309 e. The molecule has 1 N–H and O–H groups in total. The molecule has 2 atom stereocenters. The fourth-order valence-electron chi connectivity index (χ4n) is 3.44. The van der Waals surface area contributed by atoms with E-state index in [-0.39, 0.29) is 0 Å². The molecule has 1 aromatic rings. The number of rotatable bonds is 5. The average molecular weight is 279 g/mol. The lowest BCUT2D eigenvalue weighted by Crippen LogP contribution is -2.64. The Labute approximate surface area is 120 Å². The number of fused-ring (bicyclic) bond motifs is 3. The maximum Gasteiger partial charge on any atom is 0.0501 e. The molecule has 3 aliphatic rings. The molecule has 4 heterocycles. The highest BCUT2D eigenvalue weighted by atomic mass is 32.1. The second kappa shape index (κ2) is 5.92. The molecule has 106 valence electrons. The molecule has 2 unspecified atom stereocenters. The first-order chi connectivity index (χ1) is 9.29.